The lowest BCUT2D eigenvalue weighted by Crippen LogP contribution is -2.72. The highest BCUT2D eigenvalue weighted by atomic mass is 32.2. The van der Waals surface area contributed by atoms with Crippen LogP contribution < -0.4 is 16.0 Å². The number of carbonyl (C=O) groups excluding carboxylic acids is 2. The number of aliphatic hydroxyl groups is 1. The monoisotopic (exact) mass is 523 g/mol. The number of nitrogens with zero attached hydrogens (tertiary/aromatic N) is 4. The van der Waals surface area contributed by atoms with Gasteiger partial charge in [-0.3, -0.25) is 19.4 Å². The van der Waals surface area contributed by atoms with Gasteiger partial charge in [0.15, 0.2) is 0 Å². The zero-order chi connectivity index (χ0) is 26.2. The number of amides is 2. The molecule has 1 aromatic carbocycles. The van der Waals surface area contributed by atoms with Gasteiger partial charge in [-0.15, -0.1) is 11.8 Å². The Balaban J connectivity index is 1.24. The molecule has 4 fully saturated rings. The highest BCUT2D eigenvalue weighted by Gasteiger charge is 2.72. The maximum atomic E-state index is 12.7. The van der Waals surface area contributed by atoms with E-state index < -0.39 is 22.8 Å². The van der Waals surface area contributed by atoms with E-state index in [0.29, 0.717) is 13.1 Å². The van der Waals surface area contributed by atoms with Crippen LogP contribution in [-0.4, -0.2) is 87.8 Å². The Hall–Kier alpha value is -2.83. The van der Waals surface area contributed by atoms with Crippen molar-refractivity contribution < 1.29 is 14.7 Å². The van der Waals surface area contributed by atoms with E-state index in [1.54, 1.807) is 11.8 Å². The summed E-state index contributed by atoms with van der Waals surface area (Å²) >= 11 is 1.62. The lowest BCUT2D eigenvalue weighted by molar-refractivity contribution is -0.141. The Labute approximate surface area is 221 Å². The minimum atomic E-state index is -0.768. The fourth-order valence-corrected chi connectivity index (χ4v) is 8.26. The number of aliphatic hydroxyl groups excluding tert-OH is 1. The first kappa shape index (κ1) is 25.8. The molecule has 0 radical (unpaired) electrons. The van der Waals surface area contributed by atoms with Crippen LogP contribution in [0.15, 0.2) is 24.3 Å². The van der Waals surface area contributed by atoms with Crippen LogP contribution in [0, 0.1) is 34.5 Å². The number of nitrogens with one attached hydrogen (secondary N) is 3. The topological polar surface area (TPSA) is 145 Å². The van der Waals surface area contributed by atoms with Crippen LogP contribution in [0.2, 0.25) is 0 Å². The van der Waals surface area contributed by atoms with Crippen LogP contribution in [0.5, 0.6) is 0 Å². The van der Waals surface area contributed by atoms with Crippen molar-refractivity contribution in [2.45, 2.75) is 54.5 Å². The predicted octanol–water partition coefficient (Wildman–Crippen LogP) is 1.18. The number of rotatable bonds is 8. The summed E-state index contributed by atoms with van der Waals surface area (Å²) < 4.78 is -0.477. The largest absolute Gasteiger partial charge is 0.381 e. The molecular formula is C26H33N7O3S. The number of fused-ring (bicyclic) bond motifs is 1. The highest BCUT2D eigenvalue weighted by molar-refractivity contribution is 8.01. The van der Waals surface area contributed by atoms with Gasteiger partial charge in [0.2, 0.25) is 11.8 Å². The highest BCUT2D eigenvalue weighted by Crippen LogP contribution is 2.64. The summed E-state index contributed by atoms with van der Waals surface area (Å²) in [6.45, 7) is 4.74. The first-order chi connectivity index (χ1) is 17.9. The van der Waals surface area contributed by atoms with Gasteiger partial charge < -0.3 is 21.1 Å². The van der Waals surface area contributed by atoms with Gasteiger partial charge >= 0.3 is 0 Å². The summed E-state index contributed by atoms with van der Waals surface area (Å²) in [5, 5.41) is 39.1. The van der Waals surface area contributed by atoms with E-state index in [2.05, 4.69) is 26.9 Å². The normalized spacial score (nSPS) is 34.5. The number of benzene rings is 1. The Morgan fingerprint density at radius 3 is 2.70 bits per heavy atom. The molecule has 10 nitrogen and oxygen atoms in total. The minimum Gasteiger partial charge on any atom is -0.381 e. The Morgan fingerprint density at radius 1 is 1.24 bits per heavy atom. The molecule has 37 heavy (non-hydrogen) atoms. The van der Waals surface area contributed by atoms with Gasteiger partial charge in [-0.05, 0) is 57.1 Å². The molecule has 4 N–H and O–H groups in total. The third-order valence-electron chi connectivity index (χ3n) is 8.10. The molecule has 2 saturated heterocycles. The predicted molar refractivity (Wildman–Crippen MR) is 140 cm³/mol. The van der Waals surface area contributed by atoms with Crippen LogP contribution in [0.4, 0.5) is 11.4 Å². The number of anilines is 2. The van der Waals surface area contributed by atoms with Crippen molar-refractivity contribution in [3.63, 3.8) is 0 Å². The van der Waals surface area contributed by atoms with Gasteiger partial charge in [0.25, 0.3) is 0 Å². The summed E-state index contributed by atoms with van der Waals surface area (Å²) in [7, 11) is 0. The molecule has 7 atom stereocenters. The number of likely N-dealkylation sites (tertiary alicyclic amines) is 1. The van der Waals surface area contributed by atoms with Gasteiger partial charge in [0.1, 0.15) is 12.8 Å². The van der Waals surface area contributed by atoms with Crippen molar-refractivity contribution in [2.24, 2.45) is 11.8 Å². The molecule has 2 saturated carbocycles. The summed E-state index contributed by atoms with van der Waals surface area (Å²) in [5.74, 6) is -1.35. The van der Waals surface area contributed by atoms with Gasteiger partial charge in [-0.2, -0.15) is 10.5 Å². The average molecular weight is 524 g/mol. The van der Waals surface area contributed by atoms with Crippen molar-refractivity contribution in [3.8, 4) is 12.1 Å². The number of carbonyl (C=O) groups is 2. The molecule has 0 bridgehead atoms. The molecule has 2 aliphatic heterocycles. The number of hydrogen-bond donors (Lipinski definition) is 4. The molecule has 196 valence electrons. The van der Waals surface area contributed by atoms with Crippen LogP contribution in [0.3, 0.4) is 0 Å². The molecule has 2 aliphatic carbocycles. The lowest BCUT2D eigenvalue weighted by Gasteiger charge is -2.59. The van der Waals surface area contributed by atoms with Crippen molar-refractivity contribution in [1.82, 2.24) is 15.1 Å². The zero-order valence-corrected chi connectivity index (χ0v) is 21.7. The lowest BCUT2D eigenvalue weighted by atomic mass is 9.67. The van der Waals surface area contributed by atoms with Gasteiger partial charge in [-0.25, -0.2) is 0 Å². The Kier molecular flexibility index (Phi) is 7.32. The molecule has 0 aromatic heterocycles. The smallest absolute Gasteiger partial charge is 0.238 e. The first-order valence-corrected chi connectivity index (χ1v) is 13.8. The second kappa shape index (κ2) is 10.5. The Bertz CT molecular complexity index is 1130. The van der Waals surface area contributed by atoms with Gasteiger partial charge in [0, 0.05) is 28.7 Å². The molecule has 4 aliphatic rings. The maximum absolute atomic E-state index is 12.7. The van der Waals surface area contributed by atoms with Crippen LogP contribution in [0.25, 0.3) is 0 Å². The molecule has 1 spiro atoms. The third-order valence-corrected chi connectivity index (χ3v) is 10.0. The van der Waals surface area contributed by atoms with E-state index in [0.717, 1.165) is 43.7 Å². The van der Waals surface area contributed by atoms with Crippen molar-refractivity contribution in [1.29, 1.82) is 10.5 Å². The van der Waals surface area contributed by atoms with Crippen molar-refractivity contribution in [2.75, 3.05) is 43.4 Å². The SMILES string of the molecule is CCN1C2C(SC3(CC3Nc3cccc(NC(=O)CN4CCCC4)c3)C1O)C(C#N)C2C(=O)NCC#N. The first-order valence-electron chi connectivity index (χ1n) is 13.0. The molecule has 7 unspecified atom stereocenters. The third kappa shape index (κ3) is 4.77. The van der Waals surface area contributed by atoms with Crippen LogP contribution >= 0.6 is 11.8 Å². The van der Waals surface area contributed by atoms with Gasteiger partial charge in [0.05, 0.1) is 35.3 Å². The molecule has 1 aromatic rings. The fourth-order valence-electron chi connectivity index (χ4n) is 6.17. The standard InChI is InChI=1S/C26H33N7O3S/c1-2-33-22-21(24(35)29-9-8-27)18(14-28)23(22)37-26(25(33)36)13-19(26)30-16-6-5-7-17(12-16)31-20(34)15-32-10-3-4-11-32/h5-7,12,18-19,21-23,25,30,36H,2-4,9-11,13,15H2,1H3,(H,29,35)(H,31,34). The minimum absolute atomic E-state index is 0.0103. The summed E-state index contributed by atoms with van der Waals surface area (Å²) in [4.78, 5) is 29.2. The number of hydrogen-bond acceptors (Lipinski definition) is 9. The fraction of sp³-hybridized carbons (Fsp3) is 0.615. The number of thioether (sulfide) groups is 1. The molecule has 5 rings (SSSR count). The summed E-state index contributed by atoms with van der Waals surface area (Å²) in [6.07, 6.45) is 2.24. The summed E-state index contributed by atoms with van der Waals surface area (Å²) in [5.41, 5.74) is 1.59. The second-order valence-electron chi connectivity index (χ2n) is 10.3. The van der Waals surface area contributed by atoms with Crippen LogP contribution in [-0.2, 0) is 9.59 Å². The molecule has 2 amide bonds. The average Bonchev–Trinajstić information content (AvgIpc) is 3.29. The quantitative estimate of drug-likeness (QED) is 0.369. The second-order valence-corrected chi connectivity index (χ2v) is 11.8. The van der Waals surface area contributed by atoms with E-state index in [9.17, 15) is 20.0 Å². The number of nitriles is 2. The van der Waals surface area contributed by atoms with Crippen molar-refractivity contribution in [3.05, 3.63) is 24.3 Å². The molecular weight excluding hydrogens is 490 g/mol. The van der Waals surface area contributed by atoms with E-state index in [1.165, 1.54) is 0 Å². The maximum Gasteiger partial charge on any atom is 0.238 e. The molecule has 2 heterocycles. The van der Waals surface area contributed by atoms with E-state index in [4.69, 9.17) is 5.26 Å². The van der Waals surface area contributed by atoms with Crippen molar-refractivity contribution >= 4 is 35.0 Å². The van der Waals surface area contributed by atoms with E-state index in [-0.39, 0.29) is 35.7 Å². The van der Waals surface area contributed by atoms with Gasteiger partial charge in [-0.1, -0.05) is 13.0 Å². The molecule has 11 heteroatoms. The van der Waals surface area contributed by atoms with Crippen LogP contribution in [0.1, 0.15) is 26.2 Å². The zero-order valence-electron chi connectivity index (χ0n) is 20.9. The van der Waals surface area contributed by atoms with E-state index in [1.807, 2.05) is 42.2 Å². The Morgan fingerprint density at radius 2 is 2.00 bits per heavy atom. The van der Waals surface area contributed by atoms with E-state index >= 15 is 0 Å². The summed E-state index contributed by atoms with van der Waals surface area (Å²) in [6, 6.07) is 11.6.